The Kier molecular flexibility index (Phi) is 6.20. The van der Waals surface area contributed by atoms with Gasteiger partial charge in [-0.15, -0.1) is 0 Å². The van der Waals surface area contributed by atoms with Crippen LogP contribution in [0, 0.1) is 12.8 Å². The Morgan fingerprint density at radius 1 is 1.55 bits per heavy atom. The highest BCUT2D eigenvalue weighted by atomic mass is 16.3. The zero-order chi connectivity index (χ0) is 15.2. The normalized spacial score (nSPS) is 14.3. The molecule has 0 spiro atoms. The maximum absolute atomic E-state index is 11.7. The predicted octanol–water partition coefficient (Wildman–Crippen LogP) is 1.89. The SMILES string of the molecule is Cc1cnn(CCC(=O)NCC(C)(O)CCC(C)C)c1. The number of hydrogen-bond donors (Lipinski definition) is 2. The summed E-state index contributed by atoms with van der Waals surface area (Å²) in [6, 6.07) is 0. The van der Waals surface area contributed by atoms with E-state index in [-0.39, 0.29) is 5.91 Å². The summed E-state index contributed by atoms with van der Waals surface area (Å²) in [5.41, 5.74) is 0.254. The molecule has 0 aromatic carbocycles. The Labute approximate surface area is 121 Å². The minimum absolute atomic E-state index is 0.0528. The Bertz CT molecular complexity index is 425. The molecule has 2 N–H and O–H groups in total. The van der Waals surface area contributed by atoms with Gasteiger partial charge in [-0.3, -0.25) is 9.48 Å². The van der Waals surface area contributed by atoms with E-state index in [1.165, 1.54) is 0 Å². The fraction of sp³-hybridized carbons (Fsp3) is 0.733. The molecule has 0 aliphatic rings. The molecular weight excluding hydrogens is 254 g/mol. The van der Waals surface area contributed by atoms with Crippen LogP contribution in [0.4, 0.5) is 0 Å². The van der Waals surface area contributed by atoms with E-state index in [4.69, 9.17) is 0 Å². The van der Waals surface area contributed by atoms with Crippen molar-refractivity contribution in [2.45, 2.75) is 59.1 Å². The van der Waals surface area contributed by atoms with Crippen LogP contribution in [-0.2, 0) is 11.3 Å². The molecule has 0 aliphatic heterocycles. The van der Waals surface area contributed by atoms with Gasteiger partial charge in [0.2, 0.25) is 5.91 Å². The van der Waals surface area contributed by atoms with E-state index in [9.17, 15) is 9.90 Å². The summed E-state index contributed by atoms with van der Waals surface area (Å²) in [7, 11) is 0. The molecule has 1 rings (SSSR count). The first kappa shape index (κ1) is 16.7. The lowest BCUT2D eigenvalue weighted by Crippen LogP contribution is -2.41. The van der Waals surface area contributed by atoms with Crippen LogP contribution in [0.25, 0.3) is 0 Å². The number of amides is 1. The fourth-order valence-electron chi connectivity index (χ4n) is 1.87. The number of aryl methyl sites for hydroxylation is 2. The third-order valence-corrected chi connectivity index (χ3v) is 3.26. The first-order chi connectivity index (χ1) is 9.28. The lowest BCUT2D eigenvalue weighted by Gasteiger charge is -2.24. The van der Waals surface area contributed by atoms with Crippen molar-refractivity contribution < 1.29 is 9.90 Å². The van der Waals surface area contributed by atoms with Crippen LogP contribution in [0.2, 0.25) is 0 Å². The number of nitrogens with one attached hydrogen (secondary N) is 1. The Balaban J connectivity index is 2.25. The third-order valence-electron chi connectivity index (χ3n) is 3.26. The van der Waals surface area contributed by atoms with E-state index in [2.05, 4.69) is 24.3 Å². The molecule has 1 aromatic heterocycles. The third kappa shape index (κ3) is 6.70. The van der Waals surface area contributed by atoms with E-state index in [1.54, 1.807) is 17.8 Å². The maximum atomic E-state index is 11.7. The van der Waals surface area contributed by atoms with Crippen molar-refractivity contribution in [1.29, 1.82) is 0 Å². The summed E-state index contributed by atoms with van der Waals surface area (Å²) >= 11 is 0. The summed E-state index contributed by atoms with van der Waals surface area (Å²) < 4.78 is 1.76. The molecule has 114 valence electrons. The second kappa shape index (κ2) is 7.43. The van der Waals surface area contributed by atoms with Crippen molar-refractivity contribution >= 4 is 5.91 Å². The van der Waals surface area contributed by atoms with E-state index in [1.807, 2.05) is 13.1 Å². The smallest absolute Gasteiger partial charge is 0.221 e. The van der Waals surface area contributed by atoms with Crippen LogP contribution in [0.5, 0.6) is 0 Å². The van der Waals surface area contributed by atoms with Crippen molar-refractivity contribution in [3.05, 3.63) is 18.0 Å². The molecule has 20 heavy (non-hydrogen) atoms. The first-order valence-electron chi connectivity index (χ1n) is 7.26. The molecule has 0 aliphatic carbocycles. The molecule has 0 fully saturated rings. The average Bonchev–Trinajstić information content (AvgIpc) is 2.78. The van der Waals surface area contributed by atoms with Crippen LogP contribution in [0.15, 0.2) is 12.4 Å². The van der Waals surface area contributed by atoms with Crippen LogP contribution >= 0.6 is 0 Å². The van der Waals surface area contributed by atoms with Gasteiger partial charge in [0.1, 0.15) is 0 Å². The minimum Gasteiger partial charge on any atom is -0.388 e. The van der Waals surface area contributed by atoms with Gasteiger partial charge in [-0.2, -0.15) is 5.10 Å². The molecular formula is C15H27N3O2. The second-order valence-corrected chi connectivity index (χ2v) is 6.24. The fourth-order valence-corrected chi connectivity index (χ4v) is 1.87. The average molecular weight is 281 g/mol. The summed E-state index contributed by atoms with van der Waals surface area (Å²) in [6.45, 7) is 8.86. The Hall–Kier alpha value is -1.36. The van der Waals surface area contributed by atoms with Gasteiger partial charge in [0.15, 0.2) is 0 Å². The van der Waals surface area contributed by atoms with E-state index in [0.29, 0.717) is 31.8 Å². The summed E-state index contributed by atoms with van der Waals surface area (Å²) in [5.74, 6) is 0.503. The number of carbonyl (C=O) groups is 1. The number of nitrogens with zero attached hydrogens (tertiary/aromatic N) is 2. The minimum atomic E-state index is -0.831. The quantitative estimate of drug-likeness (QED) is 0.764. The summed E-state index contributed by atoms with van der Waals surface area (Å²) in [4.78, 5) is 11.7. The van der Waals surface area contributed by atoms with Gasteiger partial charge >= 0.3 is 0 Å². The first-order valence-corrected chi connectivity index (χ1v) is 7.26. The molecule has 0 bridgehead atoms. The van der Waals surface area contributed by atoms with Gasteiger partial charge in [-0.25, -0.2) is 0 Å². The van der Waals surface area contributed by atoms with Gasteiger partial charge in [0.25, 0.3) is 0 Å². The molecule has 5 heteroatoms. The molecule has 5 nitrogen and oxygen atoms in total. The van der Waals surface area contributed by atoms with Crippen molar-refractivity contribution in [3.8, 4) is 0 Å². The van der Waals surface area contributed by atoms with Crippen LogP contribution in [0.3, 0.4) is 0 Å². The number of rotatable bonds is 8. The zero-order valence-electron chi connectivity index (χ0n) is 13.0. The van der Waals surface area contributed by atoms with Crippen molar-refractivity contribution in [2.75, 3.05) is 6.54 Å². The second-order valence-electron chi connectivity index (χ2n) is 6.24. The molecule has 1 aromatic rings. The lowest BCUT2D eigenvalue weighted by atomic mass is 9.95. The van der Waals surface area contributed by atoms with E-state index >= 15 is 0 Å². The highest BCUT2D eigenvalue weighted by Crippen LogP contribution is 2.15. The molecule has 1 unspecified atom stereocenters. The van der Waals surface area contributed by atoms with Gasteiger partial charge in [-0.1, -0.05) is 13.8 Å². The maximum Gasteiger partial charge on any atom is 0.221 e. The van der Waals surface area contributed by atoms with Crippen LogP contribution in [-0.4, -0.2) is 32.9 Å². The molecule has 1 amide bonds. The summed E-state index contributed by atoms with van der Waals surface area (Å²) in [6.07, 6.45) is 5.71. The number of hydrogen-bond acceptors (Lipinski definition) is 3. The largest absolute Gasteiger partial charge is 0.388 e. The number of carbonyl (C=O) groups excluding carboxylic acids is 1. The summed E-state index contributed by atoms with van der Waals surface area (Å²) in [5, 5.41) is 17.1. The van der Waals surface area contributed by atoms with E-state index in [0.717, 1.165) is 12.0 Å². The number of aromatic nitrogens is 2. The van der Waals surface area contributed by atoms with Gasteiger partial charge in [-0.05, 0) is 38.2 Å². The van der Waals surface area contributed by atoms with Crippen molar-refractivity contribution in [2.24, 2.45) is 5.92 Å². The highest BCUT2D eigenvalue weighted by molar-refractivity contribution is 5.75. The topological polar surface area (TPSA) is 67.2 Å². The molecule has 1 heterocycles. The molecule has 0 radical (unpaired) electrons. The molecule has 0 saturated carbocycles. The van der Waals surface area contributed by atoms with E-state index < -0.39 is 5.60 Å². The van der Waals surface area contributed by atoms with Gasteiger partial charge in [0.05, 0.1) is 11.8 Å². The Morgan fingerprint density at radius 2 is 2.25 bits per heavy atom. The monoisotopic (exact) mass is 281 g/mol. The highest BCUT2D eigenvalue weighted by Gasteiger charge is 2.21. The lowest BCUT2D eigenvalue weighted by molar-refractivity contribution is -0.122. The predicted molar refractivity (Wildman–Crippen MR) is 79.3 cm³/mol. The molecule has 0 saturated heterocycles. The van der Waals surface area contributed by atoms with Gasteiger partial charge in [0, 0.05) is 25.7 Å². The molecule has 1 atom stereocenters. The number of aliphatic hydroxyl groups is 1. The van der Waals surface area contributed by atoms with Crippen LogP contribution < -0.4 is 5.32 Å². The van der Waals surface area contributed by atoms with Crippen LogP contribution in [0.1, 0.15) is 45.6 Å². The Morgan fingerprint density at radius 3 is 2.80 bits per heavy atom. The van der Waals surface area contributed by atoms with Gasteiger partial charge < -0.3 is 10.4 Å². The van der Waals surface area contributed by atoms with Crippen molar-refractivity contribution in [1.82, 2.24) is 15.1 Å². The standard InChI is InChI=1S/C15H27N3O2/c1-12(2)5-7-15(4,20)11-16-14(19)6-8-18-10-13(3)9-17-18/h9-10,12,20H,5-8,11H2,1-4H3,(H,16,19). The zero-order valence-corrected chi connectivity index (χ0v) is 13.0. The van der Waals surface area contributed by atoms with Crippen molar-refractivity contribution in [3.63, 3.8) is 0 Å².